The lowest BCUT2D eigenvalue weighted by molar-refractivity contribution is -0.138. The van der Waals surface area contributed by atoms with Crippen LogP contribution in [0.1, 0.15) is 0 Å². The van der Waals surface area contributed by atoms with Crippen molar-refractivity contribution in [2.75, 3.05) is 25.4 Å². The molecule has 0 saturated heterocycles. The zero-order chi connectivity index (χ0) is 14.8. The van der Waals surface area contributed by atoms with Crippen LogP contribution in [0.15, 0.2) is 0 Å². The Hall–Kier alpha value is -1.81. The van der Waals surface area contributed by atoms with Gasteiger partial charge in [-0.2, -0.15) is 12.6 Å². The maximum Gasteiger partial charge on any atom is 0.322 e. The predicted octanol–water partition coefficient (Wildman–Crippen LogP) is -3.29. The van der Waals surface area contributed by atoms with Crippen molar-refractivity contribution < 1.29 is 29.4 Å². The average molecular weight is 293 g/mol. The van der Waals surface area contributed by atoms with E-state index in [1.165, 1.54) is 0 Å². The van der Waals surface area contributed by atoms with Gasteiger partial charge in [0, 0.05) is 0 Å². The van der Waals surface area contributed by atoms with Gasteiger partial charge in [0.05, 0.1) is 18.9 Å². The van der Waals surface area contributed by atoms with Gasteiger partial charge in [0.15, 0.2) is 0 Å². The number of thiol groups is 1. The van der Waals surface area contributed by atoms with E-state index in [-0.39, 0.29) is 12.3 Å². The smallest absolute Gasteiger partial charge is 0.322 e. The maximum absolute atomic E-state index is 11.4. The van der Waals surface area contributed by atoms with Crippen molar-refractivity contribution in [3.8, 4) is 0 Å². The summed E-state index contributed by atoms with van der Waals surface area (Å²) in [6, 6.07) is -1.28. The van der Waals surface area contributed by atoms with Crippen molar-refractivity contribution in [2.45, 2.75) is 6.04 Å². The normalized spacial score (nSPS) is 11.3. The molecule has 0 aromatic rings. The van der Waals surface area contributed by atoms with Crippen LogP contribution in [0.25, 0.3) is 0 Å². The standard InChI is InChI=1S/C9H15N3O6S/c13-3-5(9(18)11-2-8(16)17)12-6(14)1-10-7(15)4-19/h5,13,19H,1-4H2,(H,10,15)(H,11,18)(H,12,14)(H,16,17). The Labute approximate surface area is 114 Å². The van der Waals surface area contributed by atoms with Crippen molar-refractivity contribution >= 4 is 36.3 Å². The first-order valence-corrected chi connectivity index (χ1v) is 5.81. The maximum atomic E-state index is 11.4. The average Bonchev–Trinajstić information content (AvgIpc) is 2.39. The second kappa shape index (κ2) is 9.16. The molecule has 3 amide bonds. The third-order valence-corrected chi connectivity index (χ3v) is 2.13. The SMILES string of the molecule is O=C(O)CNC(=O)C(CO)NC(=O)CNC(=O)CS. The number of aliphatic hydroxyl groups excluding tert-OH is 1. The summed E-state index contributed by atoms with van der Waals surface area (Å²) in [4.78, 5) is 43.7. The molecule has 0 fully saturated rings. The van der Waals surface area contributed by atoms with Crippen molar-refractivity contribution in [3.05, 3.63) is 0 Å². The monoisotopic (exact) mass is 293 g/mol. The lowest BCUT2D eigenvalue weighted by Crippen LogP contribution is -2.52. The fourth-order valence-electron chi connectivity index (χ4n) is 0.960. The Bertz CT molecular complexity index is 362. The topological polar surface area (TPSA) is 145 Å². The molecule has 1 atom stereocenters. The second-order valence-corrected chi connectivity index (χ2v) is 3.67. The third kappa shape index (κ3) is 8.00. The van der Waals surface area contributed by atoms with E-state index < -0.39 is 42.9 Å². The molecule has 0 rings (SSSR count). The summed E-state index contributed by atoms with van der Waals surface area (Å²) in [6.45, 7) is -1.69. The minimum atomic E-state index is -1.28. The summed E-state index contributed by atoms with van der Waals surface area (Å²) in [5.74, 6) is -3.33. The molecule has 0 saturated carbocycles. The first-order valence-electron chi connectivity index (χ1n) is 5.18. The molecule has 19 heavy (non-hydrogen) atoms. The van der Waals surface area contributed by atoms with Crippen LogP contribution in [-0.4, -0.2) is 65.4 Å². The Morgan fingerprint density at radius 3 is 2.16 bits per heavy atom. The van der Waals surface area contributed by atoms with Gasteiger partial charge in [0.2, 0.25) is 17.7 Å². The van der Waals surface area contributed by atoms with Gasteiger partial charge in [-0.25, -0.2) is 0 Å². The molecule has 0 aliphatic rings. The van der Waals surface area contributed by atoms with E-state index in [0.29, 0.717) is 0 Å². The first-order chi connectivity index (χ1) is 8.90. The number of carboxylic acid groups (broad SMARTS) is 1. The van der Waals surface area contributed by atoms with Crippen LogP contribution >= 0.6 is 12.6 Å². The number of hydrogen-bond acceptors (Lipinski definition) is 6. The molecule has 10 heteroatoms. The highest BCUT2D eigenvalue weighted by Gasteiger charge is 2.20. The molecule has 0 spiro atoms. The third-order valence-electron chi connectivity index (χ3n) is 1.84. The quantitative estimate of drug-likeness (QED) is 0.259. The van der Waals surface area contributed by atoms with E-state index >= 15 is 0 Å². The predicted molar refractivity (Wildman–Crippen MR) is 66.5 cm³/mol. The summed E-state index contributed by atoms with van der Waals surface area (Å²) >= 11 is 3.68. The van der Waals surface area contributed by atoms with Crippen molar-refractivity contribution in [1.82, 2.24) is 16.0 Å². The highest BCUT2D eigenvalue weighted by atomic mass is 32.1. The molecule has 0 aliphatic carbocycles. The van der Waals surface area contributed by atoms with Crippen LogP contribution in [0.4, 0.5) is 0 Å². The minimum Gasteiger partial charge on any atom is -0.480 e. The fourth-order valence-corrected chi connectivity index (χ4v) is 1.07. The van der Waals surface area contributed by atoms with Gasteiger partial charge in [0.25, 0.3) is 0 Å². The zero-order valence-corrected chi connectivity index (χ0v) is 10.8. The van der Waals surface area contributed by atoms with Crippen LogP contribution < -0.4 is 16.0 Å². The van der Waals surface area contributed by atoms with E-state index in [1.807, 2.05) is 5.32 Å². The molecule has 0 aliphatic heterocycles. The van der Waals surface area contributed by atoms with E-state index in [0.717, 1.165) is 0 Å². The number of aliphatic hydroxyl groups is 1. The molecule has 108 valence electrons. The molecule has 9 nitrogen and oxygen atoms in total. The van der Waals surface area contributed by atoms with E-state index in [2.05, 4.69) is 23.3 Å². The zero-order valence-electron chi connectivity index (χ0n) is 9.88. The molecule has 0 bridgehead atoms. The van der Waals surface area contributed by atoms with E-state index in [9.17, 15) is 19.2 Å². The number of hydrogen-bond donors (Lipinski definition) is 6. The molecular formula is C9H15N3O6S. The lowest BCUT2D eigenvalue weighted by Gasteiger charge is -2.15. The van der Waals surface area contributed by atoms with Crippen LogP contribution in [-0.2, 0) is 19.2 Å². The van der Waals surface area contributed by atoms with E-state index in [1.54, 1.807) is 0 Å². The van der Waals surface area contributed by atoms with E-state index in [4.69, 9.17) is 10.2 Å². The summed E-state index contributed by atoms with van der Waals surface area (Å²) in [7, 11) is 0. The largest absolute Gasteiger partial charge is 0.480 e. The Morgan fingerprint density at radius 1 is 1.05 bits per heavy atom. The second-order valence-electron chi connectivity index (χ2n) is 3.35. The number of nitrogens with one attached hydrogen (secondary N) is 3. The van der Waals surface area contributed by atoms with Gasteiger partial charge in [-0.1, -0.05) is 0 Å². The van der Waals surface area contributed by atoms with Crippen molar-refractivity contribution in [1.29, 1.82) is 0 Å². The van der Waals surface area contributed by atoms with Gasteiger partial charge in [-0.05, 0) is 0 Å². The molecule has 1 unspecified atom stereocenters. The Morgan fingerprint density at radius 2 is 1.68 bits per heavy atom. The number of amides is 3. The fraction of sp³-hybridized carbons (Fsp3) is 0.556. The minimum absolute atomic E-state index is 0.0875. The van der Waals surface area contributed by atoms with Gasteiger partial charge in [0.1, 0.15) is 12.6 Å². The van der Waals surface area contributed by atoms with Crippen LogP contribution in [0.2, 0.25) is 0 Å². The number of carbonyl (C=O) groups is 4. The van der Waals surface area contributed by atoms with Gasteiger partial charge >= 0.3 is 5.97 Å². The molecule has 0 heterocycles. The number of rotatable bonds is 8. The van der Waals surface area contributed by atoms with Crippen LogP contribution in [0.5, 0.6) is 0 Å². The highest BCUT2D eigenvalue weighted by Crippen LogP contribution is 1.84. The summed E-state index contributed by atoms with van der Waals surface area (Å²) in [5, 5.41) is 23.6. The number of carbonyl (C=O) groups excluding carboxylic acids is 3. The molecule has 5 N–H and O–H groups in total. The van der Waals surface area contributed by atoms with Crippen LogP contribution in [0, 0.1) is 0 Å². The highest BCUT2D eigenvalue weighted by molar-refractivity contribution is 7.81. The Balaban J connectivity index is 4.16. The van der Waals surface area contributed by atoms with Crippen molar-refractivity contribution in [3.63, 3.8) is 0 Å². The number of carboxylic acids is 1. The molecule has 0 aromatic heterocycles. The lowest BCUT2D eigenvalue weighted by atomic mass is 10.3. The van der Waals surface area contributed by atoms with Gasteiger partial charge < -0.3 is 26.2 Å². The number of aliphatic carboxylic acids is 1. The van der Waals surface area contributed by atoms with Crippen molar-refractivity contribution in [2.24, 2.45) is 0 Å². The summed E-state index contributed by atoms with van der Waals surface area (Å²) in [5.41, 5.74) is 0. The molecule has 0 radical (unpaired) electrons. The van der Waals surface area contributed by atoms with Crippen LogP contribution in [0.3, 0.4) is 0 Å². The Kier molecular flexibility index (Phi) is 8.29. The summed E-state index contributed by atoms with van der Waals surface area (Å²) < 4.78 is 0. The molecule has 0 aromatic carbocycles. The summed E-state index contributed by atoms with van der Waals surface area (Å²) in [6.07, 6.45) is 0. The molecular weight excluding hydrogens is 278 g/mol. The van der Waals surface area contributed by atoms with Gasteiger partial charge in [-0.15, -0.1) is 0 Å². The first kappa shape index (κ1) is 17.2. The van der Waals surface area contributed by atoms with Gasteiger partial charge in [-0.3, -0.25) is 19.2 Å².